The Hall–Kier alpha value is -0.820. The topological polar surface area (TPSA) is 78.9 Å². The number of nitrogens with zero attached hydrogens (tertiary/aromatic N) is 1. The van der Waals surface area contributed by atoms with E-state index in [0.29, 0.717) is 6.08 Å². The third kappa shape index (κ3) is 22.4. The summed E-state index contributed by atoms with van der Waals surface area (Å²) in [6.07, 6.45) is 1.55. The molecule has 1 heterocycles. The van der Waals surface area contributed by atoms with Crippen molar-refractivity contribution in [3.8, 4) is 0 Å². The average Bonchev–Trinajstić information content (AvgIpc) is 2.40. The molecule has 1 aliphatic heterocycles. The number of methoxy groups -OCH3 is 1. The fourth-order valence-corrected chi connectivity index (χ4v) is 0.984. The fraction of sp³-hybridized carbons (Fsp3) is 0.667. The van der Waals surface area contributed by atoms with Gasteiger partial charge in [0.25, 0.3) is 0 Å². The summed E-state index contributed by atoms with van der Waals surface area (Å²) in [5.74, 6) is -1.84. The largest absolute Gasteiger partial charge is 0.478 e. The molecule has 6 nitrogen and oxygen atoms in total. The van der Waals surface area contributed by atoms with Gasteiger partial charge in [0.2, 0.25) is 0 Å². The molecule has 1 fully saturated rings. The summed E-state index contributed by atoms with van der Waals surface area (Å²) in [5, 5.41) is 11.2. The summed E-state index contributed by atoms with van der Waals surface area (Å²) in [5.41, 5.74) is 0. The molecule has 0 unspecified atom stereocenters. The van der Waals surface area contributed by atoms with Gasteiger partial charge in [-0.3, -0.25) is 0 Å². The first-order valence-electron chi connectivity index (χ1n) is 5.94. The molecule has 1 aliphatic rings. The molecule has 0 bridgehead atoms. The number of carboxylic acids is 1. The molecule has 0 spiro atoms. The molecule has 0 aromatic rings. The summed E-state index contributed by atoms with van der Waals surface area (Å²) in [4.78, 5) is 22.2. The molecule has 1 rings (SSSR count). The molecule has 0 radical (unpaired) electrons. The van der Waals surface area contributed by atoms with Gasteiger partial charge in [-0.05, 0) is 7.05 Å². The van der Waals surface area contributed by atoms with Crippen LogP contribution in [0.15, 0.2) is 12.2 Å². The normalized spacial score (nSPS) is 13.4. The number of nitrogens with one attached hydrogen (secondary N) is 1. The number of aliphatic carboxylic acids is 1. The van der Waals surface area contributed by atoms with Gasteiger partial charge in [0.05, 0.1) is 7.11 Å². The number of carbonyl (C=O) groups is 2. The number of carbonyl (C=O) groups excluding carboxylic acids is 1. The van der Waals surface area contributed by atoms with Gasteiger partial charge in [-0.25, -0.2) is 9.59 Å². The molecule has 0 aromatic carbocycles. The maximum atomic E-state index is 10.1. The van der Waals surface area contributed by atoms with Crippen LogP contribution in [-0.2, 0) is 14.3 Å². The van der Waals surface area contributed by atoms with Gasteiger partial charge in [0.1, 0.15) is 0 Å². The first-order chi connectivity index (χ1) is 8.56. The Kier molecular flexibility index (Phi) is 28.2. The van der Waals surface area contributed by atoms with E-state index in [9.17, 15) is 9.59 Å². The summed E-state index contributed by atoms with van der Waals surface area (Å²) in [6, 6.07) is 0. The van der Waals surface area contributed by atoms with Crippen LogP contribution in [0.5, 0.6) is 0 Å². The Morgan fingerprint density at radius 2 is 1.60 bits per heavy atom. The van der Waals surface area contributed by atoms with Crippen LogP contribution in [0, 0.1) is 0 Å². The van der Waals surface area contributed by atoms with E-state index in [-0.39, 0.29) is 24.8 Å². The van der Waals surface area contributed by atoms with Gasteiger partial charge in [-0.2, -0.15) is 0 Å². The van der Waals surface area contributed by atoms with Gasteiger partial charge < -0.3 is 20.1 Å². The van der Waals surface area contributed by atoms with Crippen molar-refractivity contribution in [3.63, 3.8) is 0 Å². The van der Waals surface area contributed by atoms with Crippen LogP contribution in [0.4, 0.5) is 0 Å². The molecule has 122 valence electrons. The number of hydrogen-bond donors (Lipinski definition) is 2. The lowest BCUT2D eigenvalue weighted by atomic mass is 10.4. The maximum Gasteiger partial charge on any atom is 0.330 e. The lowest BCUT2D eigenvalue weighted by Gasteiger charge is -2.21. The highest BCUT2D eigenvalue weighted by atomic mass is 35.5. The fourth-order valence-electron chi connectivity index (χ4n) is 0.984. The summed E-state index contributed by atoms with van der Waals surface area (Å²) >= 11 is 0. The Bertz CT molecular complexity index is 258. The minimum atomic E-state index is -1.17. The van der Waals surface area contributed by atoms with Crippen LogP contribution in [-0.4, -0.2) is 62.3 Å². The van der Waals surface area contributed by atoms with Gasteiger partial charge in [-0.15, -0.1) is 24.8 Å². The van der Waals surface area contributed by atoms with Crippen molar-refractivity contribution in [2.24, 2.45) is 0 Å². The number of ether oxygens (including phenoxy) is 1. The Labute approximate surface area is 133 Å². The minimum absolute atomic E-state index is 0. The molecule has 2 N–H and O–H groups in total. The second kappa shape index (κ2) is 20.5. The highest BCUT2D eigenvalue weighted by molar-refractivity contribution is 5.90. The van der Waals surface area contributed by atoms with Crippen LogP contribution in [0.1, 0.15) is 13.8 Å². The zero-order chi connectivity index (χ0) is 14.4. The summed E-state index contributed by atoms with van der Waals surface area (Å²) in [6.45, 7) is 8.74. The molecular formula is C12H26Cl2N2O4. The number of esters is 1. The van der Waals surface area contributed by atoms with Crippen LogP contribution in [0.2, 0.25) is 0 Å². The van der Waals surface area contributed by atoms with Crippen molar-refractivity contribution < 1.29 is 19.4 Å². The maximum absolute atomic E-state index is 10.1. The highest BCUT2D eigenvalue weighted by Gasteiger charge is 2.01. The van der Waals surface area contributed by atoms with E-state index >= 15 is 0 Å². The predicted molar refractivity (Wildman–Crippen MR) is 85.0 cm³/mol. The third-order valence-corrected chi connectivity index (χ3v) is 1.90. The summed E-state index contributed by atoms with van der Waals surface area (Å²) in [7, 11) is 3.33. The molecule has 0 amide bonds. The van der Waals surface area contributed by atoms with Gasteiger partial charge in [-0.1, -0.05) is 13.8 Å². The standard InChI is InChI=1S/C5H12N2.C5H6O4.C2H6.2ClH/c1-7-4-2-6-3-5-7;1-9-5(8)3-2-4(6)7;1-2;;/h6H,2-5H2,1H3;2-3H,1H3,(H,6,7);1-2H3;2*1H. The van der Waals surface area contributed by atoms with Crippen LogP contribution in [0.25, 0.3) is 0 Å². The van der Waals surface area contributed by atoms with E-state index in [1.165, 1.54) is 20.2 Å². The number of carboxylic acid groups (broad SMARTS) is 1. The first-order valence-corrected chi connectivity index (χ1v) is 5.94. The first kappa shape index (κ1) is 27.5. The van der Waals surface area contributed by atoms with Gasteiger partial charge in [0.15, 0.2) is 0 Å². The molecule has 1 saturated heterocycles. The van der Waals surface area contributed by atoms with Crippen molar-refractivity contribution in [1.29, 1.82) is 0 Å². The van der Waals surface area contributed by atoms with E-state index in [1.54, 1.807) is 0 Å². The van der Waals surface area contributed by atoms with Crippen molar-refractivity contribution >= 4 is 36.8 Å². The monoisotopic (exact) mass is 332 g/mol. The third-order valence-electron chi connectivity index (χ3n) is 1.90. The predicted octanol–water partition coefficient (Wildman–Crippen LogP) is 1.19. The van der Waals surface area contributed by atoms with E-state index in [0.717, 1.165) is 19.2 Å². The van der Waals surface area contributed by atoms with Gasteiger partial charge >= 0.3 is 11.9 Å². The number of halogens is 2. The number of piperazine rings is 1. The number of hydrogen-bond acceptors (Lipinski definition) is 5. The molecule has 20 heavy (non-hydrogen) atoms. The van der Waals surface area contributed by atoms with Crippen LogP contribution < -0.4 is 5.32 Å². The number of rotatable bonds is 2. The van der Waals surface area contributed by atoms with Crippen LogP contribution >= 0.6 is 24.8 Å². The highest BCUT2D eigenvalue weighted by Crippen LogP contribution is 1.83. The second-order valence-electron chi connectivity index (χ2n) is 3.25. The SMILES string of the molecule is CC.CN1CCNCC1.COC(=O)C=CC(=O)O.Cl.Cl. The molecule has 8 heteroatoms. The number of likely N-dealkylation sites (N-methyl/N-ethyl adjacent to an activating group) is 1. The van der Waals surface area contributed by atoms with E-state index in [2.05, 4.69) is 22.0 Å². The van der Waals surface area contributed by atoms with Crippen molar-refractivity contribution in [1.82, 2.24) is 10.2 Å². The molecule has 0 aromatic heterocycles. The van der Waals surface area contributed by atoms with E-state index < -0.39 is 11.9 Å². The molecule has 0 atom stereocenters. The average molecular weight is 333 g/mol. The molecule has 0 saturated carbocycles. The lowest BCUT2D eigenvalue weighted by molar-refractivity contribution is -0.136. The van der Waals surface area contributed by atoms with E-state index in [4.69, 9.17) is 5.11 Å². The van der Waals surface area contributed by atoms with Gasteiger partial charge in [0, 0.05) is 38.3 Å². The second-order valence-corrected chi connectivity index (χ2v) is 3.25. The van der Waals surface area contributed by atoms with Crippen LogP contribution in [0.3, 0.4) is 0 Å². The summed E-state index contributed by atoms with van der Waals surface area (Å²) < 4.78 is 4.11. The van der Waals surface area contributed by atoms with E-state index in [1.807, 2.05) is 13.8 Å². The minimum Gasteiger partial charge on any atom is -0.478 e. The molecule has 0 aliphatic carbocycles. The van der Waals surface area contributed by atoms with Crippen molar-refractivity contribution in [2.45, 2.75) is 13.8 Å². The smallest absolute Gasteiger partial charge is 0.330 e. The van der Waals surface area contributed by atoms with Crippen molar-refractivity contribution in [2.75, 3.05) is 40.3 Å². The Balaban J connectivity index is -0.000000106. The Morgan fingerprint density at radius 3 is 1.85 bits per heavy atom. The quantitative estimate of drug-likeness (QED) is 0.584. The zero-order valence-electron chi connectivity index (χ0n) is 12.4. The lowest BCUT2D eigenvalue weighted by Crippen LogP contribution is -2.40. The Morgan fingerprint density at radius 1 is 1.15 bits per heavy atom. The molecular weight excluding hydrogens is 307 g/mol. The zero-order valence-corrected chi connectivity index (χ0v) is 14.1. The van der Waals surface area contributed by atoms with Crippen molar-refractivity contribution in [3.05, 3.63) is 12.2 Å².